The number of carbonyl (C=O) groups excluding carboxylic acids is 2. The fourth-order valence-corrected chi connectivity index (χ4v) is 4.18. The molecule has 2 aliphatic heterocycles. The maximum absolute atomic E-state index is 13.4. The lowest BCUT2D eigenvalue weighted by atomic mass is 10.1. The van der Waals surface area contributed by atoms with E-state index in [9.17, 15) is 9.59 Å². The Morgan fingerprint density at radius 3 is 2.16 bits per heavy atom. The summed E-state index contributed by atoms with van der Waals surface area (Å²) in [5, 5.41) is 8.45. The zero-order valence-electron chi connectivity index (χ0n) is 17.3. The van der Waals surface area contributed by atoms with Crippen LogP contribution in [0.15, 0.2) is 48.5 Å². The van der Waals surface area contributed by atoms with Gasteiger partial charge < -0.3 is 14.5 Å². The number of rotatable bonds is 4. The van der Waals surface area contributed by atoms with Gasteiger partial charge in [-0.1, -0.05) is 5.21 Å². The van der Waals surface area contributed by atoms with Crippen LogP contribution in [0.25, 0.3) is 5.69 Å². The molecule has 1 fully saturated rings. The van der Waals surface area contributed by atoms with Gasteiger partial charge in [-0.15, -0.1) is 5.10 Å². The lowest BCUT2D eigenvalue weighted by molar-refractivity contribution is -0.119. The molecule has 0 aliphatic carbocycles. The third-order valence-electron chi connectivity index (χ3n) is 5.87. The van der Waals surface area contributed by atoms with E-state index in [-0.39, 0.29) is 11.8 Å². The summed E-state index contributed by atoms with van der Waals surface area (Å²) in [5.41, 5.74) is 3.61. The van der Waals surface area contributed by atoms with Gasteiger partial charge in [-0.25, -0.2) is 4.68 Å². The van der Waals surface area contributed by atoms with Crippen LogP contribution in [-0.2, 0) is 11.2 Å². The Morgan fingerprint density at radius 2 is 1.48 bits per heavy atom. The number of ether oxygens (including phenoxy) is 1. The summed E-state index contributed by atoms with van der Waals surface area (Å²) in [6.45, 7) is 1.28. The van der Waals surface area contributed by atoms with E-state index >= 15 is 0 Å². The van der Waals surface area contributed by atoms with Crippen LogP contribution in [0.1, 0.15) is 35.4 Å². The van der Waals surface area contributed by atoms with Gasteiger partial charge in [0.25, 0.3) is 5.91 Å². The van der Waals surface area contributed by atoms with Crippen molar-refractivity contribution in [2.75, 3.05) is 30.0 Å². The number of anilines is 2. The van der Waals surface area contributed by atoms with Crippen molar-refractivity contribution in [3.05, 3.63) is 59.9 Å². The molecule has 0 N–H and O–H groups in total. The third-order valence-corrected chi connectivity index (χ3v) is 5.87. The number of aromatic nitrogens is 3. The van der Waals surface area contributed by atoms with E-state index in [4.69, 9.17) is 4.74 Å². The number of benzene rings is 2. The molecule has 0 bridgehead atoms. The lowest BCUT2D eigenvalue weighted by Crippen LogP contribution is -2.39. The fourth-order valence-electron chi connectivity index (χ4n) is 4.18. The topological polar surface area (TPSA) is 80.6 Å². The van der Waals surface area contributed by atoms with Crippen molar-refractivity contribution in [1.29, 1.82) is 0 Å². The van der Waals surface area contributed by atoms with Crippen LogP contribution in [0.4, 0.5) is 11.4 Å². The summed E-state index contributed by atoms with van der Waals surface area (Å²) in [5.74, 6) is 0.758. The van der Waals surface area contributed by atoms with Crippen LogP contribution in [0, 0.1) is 0 Å². The Hall–Kier alpha value is -3.68. The molecule has 3 heterocycles. The number of fused-ring (bicyclic) bond motifs is 1. The maximum Gasteiger partial charge on any atom is 0.278 e. The van der Waals surface area contributed by atoms with E-state index in [1.54, 1.807) is 16.7 Å². The van der Waals surface area contributed by atoms with Gasteiger partial charge in [0.05, 0.1) is 18.5 Å². The molecule has 2 aromatic carbocycles. The Morgan fingerprint density at radius 1 is 0.806 bits per heavy atom. The Bertz CT molecular complexity index is 1120. The standard InChI is InChI=1S/C23H23N5O3/c1-31-19-11-9-18(10-12-19)28-22-20(24-25-28)13-15-27(23(22)30)17-7-5-16(6-8-17)26-14-3-2-4-21(26)29/h5-12H,2-4,13-15H2,1H3. The highest BCUT2D eigenvalue weighted by molar-refractivity contribution is 6.07. The predicted octanol–water partition coefficient (Wildman–Crippen LogP) is 3.00. The van der Waals surface area contributed by atoms with E-state index in [2.05, 4.69) is 10.3 Å². The summed E-state index contributed by atoms with van der Waals surface area (Å²) in [4.78, 5) is 29.1. The van der Waals surface area contributed by atoms with Crippen molar-refractivity contribution in [3.63, 3.8) is 0 Å². The number of carbonyl (C=O) groups is 2. The molecule has 0 atom stereocenters. The minimum absolute atomic E-state index is 0.135. The molecule has 0 spiro atoms. The first-order valence-electron chi connectivity index (χ1n) is 10.5. The average molecular weight is 417 g/mol. The summed E-state index contributed by atoms with van der Waals surface area (Å²) >= 11 is 0. The highest BCUT2D eigenvalue weighted by Crippen LogP contribution is 2.28. The second kappa shape index (κ2) is 7.86. The molecular weight excluding hydrogens is 394 g/mol. The van der Waals surface area contributed by atoms with Crippen molar-refractivity contribution in [3.8, 4) is 11.4 Å². The first kappa shape index (κ1) is 19.3. The number of methoxy groups -OCH3 is 1. The van der Waals surface area contributed by atoms with Crippen molar-refractivity contribution in [2.24, 2.45) is 0 Å². The quantitative estimate of drug-likeness (QED) is 0.652. The number of piperidine rings is 1. The molecule has 8 nitrogen and oxygen atoms in total. The van der Waals surface area contributed by atoms with Crippen LogP contribution >= 0.6 is 0 Å². The highest BCUT2D eigenvalue weighted by atomic mass is 16.5. The largest absolute Gasteiger partial charge is 0.497 e. The molecule has 1 saturated heterocycles. The Balaban J connectivity index is 1.42. The number of nitrogens with zero attached hydrogens (tertiary/aromatic N) is 5. The fraction of sp³-hybridized carbons (Fsp3) is 0.304. The molecule has 0 saturated carbocycles. The molecule has 31 heavy (non-hydrogen) atoms. The minimum Gasteiger partial charge on any atom is -0.497 e. The zero-order chi connectivity index (χ0) is 21.4. The zero-order valence-corrected chi connectivity index (χ0v) is 17.3. The van der Waals surface area contributed by atoms with Gasteiger partial charge in [0.2, 0.25) is 5.91 Å². The van der Waals surface area contributed by atoms with Gasteiger partial charge in [0, 0.05) is 37.3 Å². The van der Waals surface area contributed by atoms with Crippen LogP contribution in [-0.4, -0.2) is 47.0 Å². The molecule has 2 aliphatic rings. The average Bonchev–Trinajstić information content (AvgIpc) is 3.25. The SMILES string of the molecule is COc1ccc(-n2nnc3c2C(=O)N(c2ccc(N4CCCCC4=O)cc2)CC3)cc1. The smallest absolute Gasteiger partial charge is 0.278 e. The predicted molar refractivity (Wildman–Crippen MR) is 116 cm³/mol. The van der Waals surface area contributed by atoms with Gasteiger partial charge in [-0.2, -0.15) is 0 Å². The van der Waals surface area contributed by atoms with Gasteiger partial charge in [0.1, 0.15) is 5.75 Å². The van der Waals surface area contributed by atoms with Crippen LogP contribution < -0.4 is 14.5 Å². The second-order valence-electron chi connectivity index (χ2n) is 7.72. The van der Waals surface area contributed by atoms with Gasteiger partial charge in [-0.05, 0) is 61.4 Å². The van der Waals surface area contributed by atoms with Crippen molar-refractivity contribution >= 4 is 23.2 Å². The van der Waals surface area contributed by atoms with Gasteiger partial charge in [0.15, 0.2) is 5.69 Å². The van der Waals surface area contributed by atoms with E-state index in [1.165, 1.54) is 0 Å². The number of hydrogen-bond donors (Lipinski definition) is 0. The molecule has 3 aromatic rings. The monoisotopic (exact) mass is 417 g/mol. The Kier molecular flexibility index (Phi) is 4.89. The highest BCUT2D eigenvalue weighted by Gasteiger charge is 2.32. The summed E-state index contributed by atoms with van der Waals surface area (Å²) < 4.78 is 6.80. The molecule has 0 radical (unpaired) electrons. The van der Waals surface area contributed by atoms with Gasteiger partial charge in [-0.3, -0.25) is 9.59 Å². The van der Waals surface area contributed by atoms with E-state index in [0.717, 1.165) is 42.2 Å². The first-order valence-corrected chi connectivity index (χ1v) is 10.5. The first-order chi connectivity index (χ1) is 15.2. The third kappa shape index (κ3) is 3.43. The van der Waals surface area contributed by atoms with Crippen LogP contribution in [0.5, 0.6) is 5.75 Å². The number of amides is 2. The molecule has 1 aromatic heterocycles. The van der Waals surface area contributed by atoms with E-state index in [1.807, 2.05) is 53.4 Å². The number of hydrogen-bond acceptors (Lipinski definition) is 5. The normalized spacial score (nSPS) is 16.4. The molecule has 5 rings (SSSR count). The maximum atomic E-state index is 13.4. The minimum atomic E-state index is -0.135. The molecule has 8 heteroatoms. The molecule has 2 amide bonds. The lowest BCUT2D eigenvalue weighted by Gasteiger charge is -2.29. The summed E-state index contributed by atoms with van der Waals surface area (Å²) in [7, 11) is 1.61. The van der Waals surface area contributed by atoms with Crippen LogP contribution in [0.3, 0.4) is 0 Å². The van der Waals surface area contributed by atoms with E-state index < -0.39 is 0 Å². The van der Waals surface area contributed by atoms with Gasteiger partial charge >= 0.3 is 0 Å². The van der Waals surface area contributed by atoms with E-state index in [0.29, 0.717) is 30.8 Å². The summed E-state index contributed by atoms with van der Waals surface area (Å²) in [6, 6.07) is 15.0. The van der Waals surface area contributed by atoms with Crippen molar-refractivity contribution < 1.29 is 14.3 Å². The van der Waals surface area contributed by atoms with Crippen LogP contribution in [0.2, 0.25) is 0 Å². The van der Waals surface area contributed by atoms with Crippen molar-refractivity contribution in [2.45, 2.75) is 25.7 Å². The molecule has 0 unspecified atom stereocenters. The second-order valence-corrected chi connectivity index (χ2v) is 7.72. The summed E-state index contributed by atoms with van der Waals surface area (Å²) in [6.07, 6.45) is 3.19. The van der Waals surface area contributed by atoms with Crippen molar-refractivity contribution in [1.82, 2.24) is 15.0 Å². The molecule has 158 valence electrons. The molecular formula is C23H23N5O3. The Labute approximate surface area is 180 Å².